The van der Waals surface area contributed by atoms with Gasteiger partial charge in [-0.1, -0.05) is 6.07 Å². The van der Waals surface area contributed by atoms with Crippen LogP contribution in [-0.2, 0) is 17.1 Å². The molecule has 180 valence electrons. The van der Waals surface area contributed by atoms with E-state index in [1.165, 1.54) is 12.1 Å². The molecule has 2 aromatic carbocycles. The molecule has 1 fully saturated rings. The van der Waals surface area contributed by atoms with Crippen molar-refractivity contribution in [2.24, 2.45) is 0 Å². The highest BCUT2D eigenvalue weighted by atomic mass is 19.4. The quantitative estimate of drug-likeness (QED) is 0.493. The highest BCUT2D eigenvalue weighted by molar-refractivity contribution is 5.56. The Kier molecular flexibility index (Phi) is 6.46. The number of ether oxygens (including phenoxy) is 2. The van der Waals surface area contributed by atoms with Crippen molar-refractivity contribution in [3.05, 3.63) is 59.7 Å². The van der Waals surface area contributed by atoms with E-state index < -0.39 is 23.5 Å². The zero-order chi connectivity index (χ0) is 24.3. The second-order valence-electron chi connectivity index (χ2n) is 7.17. The van der Waals surface area contributed by atoms with Crippen LogP contribution in [0.2, 0.25) is 0 Å². The van der Waals surface area contributed by atoms with Gasteiger partial charge < -0.3 is 19.7 Å². The van der Waals surface area contributed by atoms with Crippen LogP contribution in [0.25, 0.3) is 0 Å². The molecule has 1 aromatic heterocycles. The van der Waals surface area contributed by atoms with Crippen LogP contribution >= 0.6 is 0 Å². The van der Waals surface area contributed by atoms with Crippen LogP contribution in [0.15, 0.2) is 48.5 Å². The van der Waals surface area contributed by atoms with Crippen LogP contribution in [0.5, 0.6) is 11.8 Å². The van der Waals surface area contributed by atoms with Crippen LogP contribution in [-0.4, -0.2) is 41.3 Å². The highest BCUT2D eigenvalue weighted by Gasteiger charge is 2.31. The Morgan fingerprint density at radius 1 is 0.824 bits per heavy atom. The van der Waals surface area contributed by atoms with E-state index in [1.54, 1.807) is 4.90 Å². The summed E-state index contributed by atoms with van der Waals surface area (Å²) in [6.07, 6.45) is -9.04. The van der Waals surface area contributed by atoms with Crippen LogP contribution in [0.1, 0.15) is 11.1 Å². The van der Waals surface area contributed by atoms with E-state index in [2.05, 4.69) is 20.3 Å². The van der Waals surface area contributed by atoms with Gasteiger partial charge in [0.05, 0.1) is 24.3 Å². The Morgan fingerprint density at radius 2 is 1.50 bits per heavy atom. The third-order valence-electron chi connectivity index (χ3n) is 4.73. The first-order valence-corrected chi connectivity index (χ1v) is 9.96. The van der Waals surface area contributed by atoms with Gasteiger partial charge in [-0.25, -0.2) is 0 Å². The molecule has 4 rings (SSSR count). The summed E-state index contributed by atoms with van der Waals surface area (Å²) >= 11 is 0. The molecule has 1 saturated heterocycles. The predicted octanol–water partition coefficient (Wildman–Crippen LogP) is 5.28. The summed E-state index contributed by atoms with van der Waals surface area (Å²) in [6, 6.07) is 8.14. The number of morpholine rings is 1. The molecule has 0 saturated carbocycles. The second kappa shape index (κ2) is 9.33. The molecule has 0 amide bonds. The Morgan fingerprint density at radius 3 is 2.15 bits per heavy atom. The SMILES string of the molecule is FC(F)(F)c1ccc(Oc2nc(Nc3cccc(C(F)(F)F)c3)nc(N3CCOCC3)n2)cc1. The van der Waals surface area contributed by atoms with Crippen molar-refractivity contribution in [3.8, 4) is 11.8 Å². The molecule has 0 atom stereocenters. The number of alkyl halides is 6. The fourth-order valence-electron chi connectivity index (χ4n) is 3.07. The lowest BCUT2D eigenvalue weighted by atomic mass is 10.2. The first-order valence-electron chi connectivity index (χ1n) is 9.96. The second-order valence-corrected chi connectivity index (χ2v) is 7.17. The maximum atomic E-state index is 13.0. The van der Waals surface area contributed by atoms with Crippen LogP contribution in [0, 0.1) is 0 Å². The number of halogens is 6. The molecule has 0 aliphatic carbocycles. The van der Waals surface area contributed by atoms with Crippen LogP contribution in [0.4, 0.5) is 43.9 Å². The minimum absolute atomic E-state index is 0.0390. The molecule has 3 aromatic rings. The van der Waals surface area contributed by atoms with Crippen LogP contribution < -0.4 is 15.0 Å². The number of nitrogens with one attached hydrogen (secondary N) is 1. The molecule has 1 aliphatic heterocycles. The summed E-state index contributed by atoms with van der Waals surface area (Å²) in [7, 11) is 0. The summed E-state index contributed by atoms with van der Waals surface area (Å²) in [5.41, 5.74) is -1.63. The average Bonchev–Trinajstić information content (AvgIpc) is 2.79. The molecule has 7 nitrogen and oxygen atoms in total. The average molecular weight is 485 g/mol. The Labute approximate surface area is 189 Å². The zero-order valence-corrected chi connectivity index (χ0v) is 17.3. The van der Waals surface area contributed by atoms with E-state index in [-0.39, 0.29) is 29.3 Å². The van der Waals surface area contributed by atoms with Gasteiger partial charge >= 0.3 is 18.4 Å². The summed E-state index contributed by atoms with van der Waals surface area (Å²) < 4.78 is 88.4. The molecule has 1 aliphatic rings. The van der Waals surface area contributed by atoms with E-state index in [1.807, 2.05) is 0 Å². The Bertz CT molecular complexity index is 1130. The maximum Gasteiger partial charge on any atom is 0.416 e. The Hall–Kier alpha value is -3.61. The number of anilines is 3. The van der Waals surface area contributed by atoms with Crippen molar-refractivity contribution in [2.45, 2.75) is 12.4 Å². The predicted molar refractivity (Wildman–Crippen MR) is 109 cm³/mol. The summed E-state index contributed by atoms with van der Waals surface area (Å²) in [5, 5.41) is 2.70. The van der Waals surface area contributed by atoms with Gasteiger partial charge in [0, 0.05) is 18.8 Å². The van der Waals surface area contributed by atoms with E-state index in [0.29, 0.717) is 26.3 Å². The lowest BCUT2D eigenvalue weighted by molar-refractivity contribution is -0.138. The van der Waals surface area contributed by atoms with E-state index >= 15 is 0 Å². The molecule has 1 N–H and O–H groups in total. The lowest BCUT2D eigenvalue weighted by Gasteiger charge is -2.27. The molecule has 13 heteroatoms. The van der Waals surface area contributed by atoms with Gasteiger partial charge in [0.1, 0.15) is 5.75 Å². The number of aromatic nitrogens is 3. The standard InChI is InChI=1S/C21H17F6N5O2/c22-20(23,24)13-4-6-16(7-5-13)34-19-30-17(29-18(31-19)32-8-10-33-11-9-32)28-15-3-1-2-14(12-15)21(25,26)27/h1-7,12H,8-11H2,(H,28,29,30,31). The minimum Gasteiger partial charge on any atom is -0.424 e. The number of nitrogens with zero attached hydrogens (tertiary/aromatic N) is 4. The molecule has 0 bridgehead atoms. The minimum atomic E-state index is -4.54. The third-order valence-corrected chi connectivity index (χ3v) is 4.73. The first kappa shape index (κ1) is 23.5. The van der Waals surface area contributed by atoms with Crippen LogP contribution in [0.3, 0.4) is 0 Å². The molecule has 0 radical (unpaired) electrons. The molecular formula is C21H17F6N5O2. The molecular weight excluding hydrogens is 468 g/mol. The van der Waals surface area contributed by atoms with Gasteiger partial charge in [-0.3, -0.25) is 0 Å². The fourth-order valence-corrected chi connectivity index (χ4v) is 3.07. The van der Waals surface area contributed by atoms with Crippen molar-refractivity contribution >= 4 is 17.6 Å². The normalized spacial score (nSPS) is 14.7. The third kappa shape index (κ3) is 5.84. The van der Waals surface area contributed by atoms with E-state index in [4.69, 9.17) is 9.47 Å². The topological polar surface area (TPSA) is 72.4 Å². The van der Waals surface area contributed by atoms with Crippen molar-refractivity contribution in [1.82, 2.24) is 15.0 Å². The summed E-state index contributed by atoms with van der Waals surface area (Å²) in [4.78, 5) is 14.3. The van der Waals surface area contributed by atoms with Gasteiger partial charge in [0.15, 0.2) is 0 Å². The fraction of sp³-hybridized carbons (Fsp3) is 0.286. The van der Waals surface area contributed by atoms with Crippen molar-refractivity contribution in [1.29, 1.82) is 0 Å². The van der Waals surface area contributed by atoms with Crippen molar-refractivity contribution < 1.29 is 35.8 Å². The van der Waals surface area contributed by atoms with Gasteiger partial charge in [-0.05, 0) is 42.5 Å². The first-order chi connectivity index (χ1) is 16.1. The zero-order valence-electron chi connectivity index (χ0n) is 17.3. The van der Waals surface area contributed by atoms with Crippen molar-refractivity contribution in [3.63, 3.8) is 0 Å². The monoisotopic (exact) mass is 485 g/mol. The number of rotatable bonds is 5. The van der Waals surface area contributed by atoms with E-state index in [9.17, 15) is 26.3 Å². The largest absolute Gasteiger partial charge is 0.424 e. The number of benzene rings is 2. The molecule has 0 spiro atoms. The number of hydrogen-bond donors (Lipinski definition) is 1. The molecule has 0 unspecified atom stereocenters. The van der Waals surface area contributed by atoms with Gasteiger partial charge in [0.25, 0.3) is 0 Å². The van der Waals surface area contributed by atoms with E-state index in [0.717, 1.165) is 36.4 Å². The molecule has 2 heterocycles. The molecule has 34 heavy (non-hydrogen) atoms. The number of hydrogen-bond acceptors (Lipinski definition) is 7. The lowest BCUT2D eigenvalue weighted by Crippen LogP contribution is -2.37. The maximum absolute atomic E-state index is 13.0. The van der Waals surface area contributed by atoms with Crippen molar-refractivity contribution in [2.75, 3.05) is 36.5 Å². The summed E-state index contributed by atoms with van der Waals surface area (Å²) in [6.45, 7) is 1.73. The van der Waals surface area contributed by atoms with Gasteiger partial charge in [-0.15, -0.1) is 0 Å². The highest BCUT2D eigenvalue weighted by Crippen LogP contribution is 2.33. The summed E-state index contributed by atoms with van der Waals surface area (Å²) in [5.74, 6) is 0.115. The Balaban J connectivity index is 1.63. The smallest absolute Gasteiger partial charge is 0.416 e. The van der Waals surface area contributed by atoms with Gasteiger partial charge in [0.2, 0.25) is 11.9 Å². The van der Waals surface area contributed by atoms with Gasteiger partial charge in [-0.2, -0.15) is 41.3 Å².